The van der Waals surface area contributed by atoms with Crippen molar-refractivity contribution in [1.82, 2.24) is 0 Å². The topological polar surface area (TPSA) is 95.2 Å². The molecule has 0 fully saturated rings. The number of unbranched alkanes of at least 4 members (excludes halogenated alkanes) is 2. The van der Waals surface area contributed by atoms with Crippen molar-refractivity contribution in [2.45, 2.75) is 19.3 Å². The van der Waals surface area contributed by atoms with Gasteiger partial charge in [-0.15, -0.1) is 24.8 Å². The number of rotatable bonds is 10. The largest absolute Gasteiger partial charge is 0.494 e. The van der Waals surface area contributed by atoms with E-state index in [-0.39, 0.29) is 24.8 Å². The Labute approximate surface area is 185 Å². The summed E-state index contributed by atoms with van der Waals surface area (Å²) in [6.07, 6.45) is 3.00. The number of hydrogen-bond acceptors (Lipinski definition) is 4. The molecular formula is C21H30Cl2N4O2. The summed E-state index contributed by atoms with van der Waals surface area (Å²) in [5.41, 5.74) is 13.3. The Balaban J connectivity index is 0.00000392. The standard InChI is InChI=1S/C21H28N4O2.2ClH/c1-24-20(22)16-6-10-18(11-7-16)26-14-4-3-5-15-27-19-12-8-17(9-13-19)21(23)25-2;;/h6-13H,3-5,14-15H2,1-2H3,(H2,22,24)(H2,23,25);2*1H. The number of aliphatic imine (C=N–C) groups is 2. The Morgan fingerprint density at radius 2 is 1.00 bits per heavy atom. The summed E-state index contributed by atoms with van der Waals surface area (Å²) in [7, 11) is 3.35. The number of nitrogens with two attached hydrogens (primary N) is 2. The minimum absolute atomic E-state index is 0. The van der Waals surface area contributed by atoms with Crippen molar-refractivity contribution in [3.05, 3.63) is 59.7 Å². The molecule has 6 nitrogen and oxygen atoms in total. The maximum absolute atomic E-state index is 5.77. The maximum atomic E-state index is 5.77. The lowest BCUT2D eigenvalue weighted by Gasteiger charge is -2.08. The third kappa shape index (κ3) is 9.07. The van der Waals surface area contributed by atoms with E-state index in [2.05, 4.69) is 9.98 Å². The molecule has 0 aliphatic rings. The average molecular weight is 441 g/mol. The number of ether oxygens (including phenoxy) is 2. The molecule has 2 aromatic rings. The number of halogens is 2. The van der Waals surface area contributed by atoms with Crippen molar-refractivity contribution >= 4 is 36.5 Å². The van der Waals surface area contributed by atoms with Gasteiger partial charge in [-0.25, -0.2) is 0 Å². The van der Waals surface area contributed by atoms with Crippen LogP contribution in [0, 0.1) is 0 Å². The van der Waals surface area contributed by atoms with E-state index >= 15 is 0 Å². The molecule has 0 atom stereocenters. The normalized spacial score (nSPS) is 11.2. The van der Waals surface area contributed by atoms with Crippen molar-refractivity contribution in [2.24, 2.45) is 21.5 Å². The van der Waals surface area contributed by atoms with Crippen LogP contribution in [0.1, 0.15) is 30.4 Å². The fourth-order valence-electron chi connectivity index (χ4n) is 2.46. The van der Waals surface area contributed by atoms with E-state index in [1.54, 1.807) is 14.1 Å². The first kappa shape index (κ1) is 26.6. The summed E-state index contributed by atoms with van der Waals surface area (Å²) >= 11 is 0. The van der Waals surface area contributed by atoms with Gasteiger partial charge in [0.25, 0.3) is 0 Å². The number of nitrogens with zero attached hydrogens (tertiary/aromatic N) is 2. The summed E-state index contributed by atoms with van der Waals surface area (Å²) in [6.45, 7) is 1.36. The Hall–Kier alpha value is -2.44. The van der Waals surface area contributed by atoms with Gasteiger partial charge < -0.3 is 20.9 Å². The highest BCUT2D eigenvalue weighted by Gasteiger charge is 2.00. The van der Waals surface area contributed by atoms with Crippen LogP contribution in [0.25, 0.3) is 0 Å². The Kier molecular flexibility index (Phi) is 13.3. The first-order chi connectivity index (χ1) is 13.1. The fraction of sp³-hybridized carbons (Fsp3) is 0.333. The molecule has 2 aromatic carbocycles. The smallest absolute Gasteiger partial charge is 0.125 e. The van der Waals surface area contributed by atoms with Gasteiger partial charge in [0.2, 0.25) is 0 Å². The predicted octanol–water partition coefficient (Wildman–Crippen LogP) is 3.83. The quantitative estimate of drug-likeness (QED) is 0.333. The summed E-state index contributed by atoms with van der Waals surface area (Å²) in [4.78, 5) is 7.92. The molecule has 8 heteroatoms. The van der Waals surface area contributed by atoms with Crippen molar-refractivity contribution in [3.8, 4) is 11.5 Å². The van der Waals surface area contributed by atoms with Crippen LogP contribution in [0.4, 0.5) is 0 Å². The lowest BCUT2D eigenvalue weighted by atomic mass is 10.2. The highest BCUT2D eigenvalue weighted by atomic mass is 35.5. The van der Waals surface area contributed by atoms with Gasteiger partial charge >= 0.3 is 0 Å². The third-order valence-corrected chi connectivity index (χ3v) is 4.11. The molecule has 0 aromatic heterocycles. The van der Waals surface area contributed by atoms with E-state index in [0.717, 1.165) is 41.9 Å². The second-order valence-electron chi connectivity index (χ2n) is 6.02. The van der Waals surface area contributed by atoms with Gasteiger partial charge in [-0.1, -0.05) is 0 Å². The molecule has 0 saturated heterocycles. The van der Waals surface area contributed by atoms with Crippen LogP contribution in [0.2, 0.25) is 0 Å². The van der Waals surface area contributed by atoms with E-state index in [1.807, 2.05) is 48.5 Å². The van der Waals surface area contributed by atoms with Gasteiger partial charge in [0.05, 0.1) is 13.2 Å². The molecule has 0 bridgehead atoms. The SMILES string of the molecule is CN=C(N)c1ccc(OCCCCCOc2ccc(C(N)=NC)cc2)cc1.Cl.Cl. The lowest BCUT2D eigenvalue weighted by Crippen LogP contribution is -2.12. The second kappa shape index (κ2) is 14.5. The molecule has 0 amide bonds. The first-order valence-electron chi connectivity index (χ1n) is 9.05. The molecule has 4 N–H and O–H groups in total. The summed E-state index contributed by atoms with van der Waals surface area (Å²) in [6, 6.07) is 15.3. The average Bonchev–Trinajstić information content (AvgIpc) is 2.72. The zero-order valence-electron chi connectivity index (χ0n) is 16.8. The fourth-order valence-corrected chi connectivity index (χ4v) is 2.46. The van der Waals surface area contributed by atoms with Crippen LogP contribution in [0.5, 0.6) is 11.5 Å². The van der Waals surface area contributed by atoms with Gasteiger partial charge in [-0.05, 0) is 67.8 Å². The van der Waals surface area contributed by atoms with Crippen LogP contribution in [0.3, 0.4) is 0 Å². The van der Waals surface area contributed by atoms with Gasteiger partial charge in [0.15, 0.2) is 0 Å². The molecule has 0 heterocycles. The monoisotopic (exact) mass is 440 g/mol. The van der Waals surface area contributed by atoms with Crippen molar-refractivity contribution in [3.63, 3.8) is 0 Å². The van der Waals surface area contributed by atoms with Gasteiger partial charge in [-0.2, -0.15) is 0 Å². The van der Waals surface area contributed by atoms with Crippen LogP contribution >= 0.6 is 24.8 Å². The molecule has 160 valence electrons. The van der Waals surface area contributed by atoms with Gasteiger partial charge in [0, 0.05) is 25.2 Å². The summed E-state index contributed by atoms with van der Waals surface area (Å²) in [5, 5.41) is 0. The second-order valence-corrected chi connectivity index (χ2v) is 6.02. The molecule has 0 unspecified atom stereocenters. The van der Waals surface area contributed by atoms with E-state index < -0.39 is 0 Å². The molecule has 0 saturated carbocycles. The lowest BCUT2D eigenvalue weighted by molar-refractivity contribution is 0.279. The Morgan fingerprint density at radius 1 is 0.655 bits per heavy atom. The maximum Gasteiger partial charge on any atom is 0.125 e. The predicted molar refractivity (Wildman–Crippen MR) is 126 cm³/mol. The number of hydrogen-bond donors (Lipinski definition) is 2. The van der Waals surface area contributed by atoms with E-state index in [9.17, 15) is 0 Å². The molecule has 0 spiro atoms. The highest BCUT2D eigenvalue weighted by molar-refractivity contribution is 5.97. The number of amidine groups is 2. The van der Waals surface area contributed by atoms with E-state index in [1.165, 1.54) is 0 Å². The Morgan fingerprint density at radius 3 is 1.31 bits per heavy atom. The minimum atomic E-state index is 0. The summed E-state index contributed by atoms with van der Waals surface area (Å²) in [5.74, 6) is 2.74. The van der Waals surface area contributed by atoms with E-state index in [4.69, 9.17) is 20.9 Å². The third-order valence-electron chi connectivity index (χ3n) is 4.11. The molecular weight excluding hydrogens is 411 g/mol. The minimum Gasteiger partial charge on any atom is -0.494 e. The number of benzene rings is 2. The molecule has 2 rings (SSSR count). The van der Waals surface area contributed by atoms with Crippen molar-refractivity contribution in [2.75, 3.05) is 27.3 Å². The van der Waals surface area contributed by atoms with Crippen molar-refractivity contribution in [1.29, 1.82) is 0 Å². The molecule has 29 heavy (non-hydrogen) atoms. The zero-order chi connectivity index (χ0) is 19.5. The van der Waals surface area contributed by atoms with Crippen LogP contribution in [0.15, 0.2) is 58.5 Å². The van der Waals surface area contributed by atoms with Crippen LogP contribution < -0.4 is 20.9 Å². The van der Waals surface area contributed by atoms with Gasteiger partial charge in [0.1, 0.15) is 23.2 Å². The van der Waals surface area contributed by atoms with Crippen LogP contribution in [-0.2, 0) is 0 Å². The summed E-state index contributed by atoms with van der Waals surface area (Å²) < 4.78 is 11.5. The first-order valence-corrected chi connectivity index (χ1v) is 9.05. The zero-order valence-corrected chi connectivity index (χ0v) is 18.5. The molecule has 0 aliphatic carbocycles. The van der Waals surface area contributed by atoms with Crippen LogP contribution in [-0.4, -0.2) is 39.0 Å². The highest BCUT2D eigenvalue weighted by Crippen LogP contribution is 2.14. The van der Waals surface area contributed by atoms with Crippen molar-refractivity contribution < 1.29 is 9.47 Å². The molecule has 0 radical (unpaired) electrons. The van der Waals surface area contributed by atoms with E-state index in [0.29, 0.717) is 24.9 Å². The Bertz CT molecular complexity index is 698. The molecule has 0 aliphatic heterocycles. The van der Waals surface area contributed by atoms with Gasteiger partial charge in [-0.3, -0.25) is 9.98 Å².